The van der Waals surface area contributed by atoms with Crippen molar-refractivity contribution in [2.45, 2.75) is 13.0 Å². The van der Waals surface area contributed by atoms with E-state index in [1.54, 1.807) is 12.3 Å². The van der Waals surface area contributed by atoms with Gasteiger partial charge < -0.3 is 9.15 Å². The van der Waals surface area contributed by atoms with Crippen LogP contribution in [0.1, 0.15) is 27.2 Å². The van der Waals surface area contributed by atoms with E-state index in [4.69, 9.17) is 9.15 Å². The number of carbonyl (C=O) groups is 1. The van der Waals surface area contributed by atoms with Crippen LogP contribution >= 0.6 is 0 Å². The third-order valence-corrected chi connectivity index (χ3v) is 5.74. The lowest BCUT2D eigenvalue weighted by Crippen LogP contribution is -2.16. The van der Waals surface area contributed by atoms with Crippen LogP contribution in [0.5, 0.6) is 5.75 Å². The summed E-state index contributed by atoms with van der Waals surface area (Å²) in [5.74, 6) is 0.605. The van der Waals surface area contributed by atoms with Crippen molar-refractivity contribution in [3.8, 4) is 5.75 Å². The van der Waals surface area contributed by atoms with E-state index in [2.05, 4.69) is 41.4 Å². The normalized spacial score (nSPS) is 11.2. The standard InChI is InChI=1S/C30H24N2O3/c1-2-8-23-17-21(19-31-32-30(33)29-18-24-10-4-6-14-28(24)35-29)15-16-27(23)34-20-25-12-7-11-22-9-3-5-13-26(22)25/h2-7,9-19H,1,8,20H2,(H,32,33)/b31-19+. The third kappa shape index (κ3) is 4.99. The van der Waals surface area contributed by atoms with Gasteiger partial charge in [-0.15, -0.1) is 6.58 Å². The maximum absolute atomic E-state index is 12.4. The van der Waals surface area contributed by atoms with Crippen LogP contribution in [0.4, 0.5) is 0 Å². The highest BCUT2D eigenvalue weighted by Crippen LogP contribution is 2.25. The molecule has 5 nitrogen and oxygen atoms in total. The molecule has 0 fully saturated rings. The fraction of sp³-hybridized carbons (Fsp3) is 0.0667. The number of amides is 1. The molecule has 172 valence electrons. The molecule has 5 rings (SSSR count). The summed E-state index contributed by atoms with van der Waals surface area (Å²) in [5.41, 5.74) is 6.15. The van der Waals surface area contributed by atoms with Gasteiger partial charge in [-0.2, -0.15) is 5.10 Å². The molecule has 0 spiro atoms. The van der Waals surface area contributed by atoms with Crippen LogP contribution in [-0.4, -0.2) is 12.1 Å². The van der Waals surface area contributed by atoms with E-state index in [0.717, 1.165) is 27.8 Å². The lowest BCUT2D eigenvalue weighted by molar-refractivity contribution is 0.0929. The van der Waals surface area contributed by atoms with E-state index in [-0.39, 0.29) is 5.76 Å². The summed E-state index contributed by atoms with van der Waals surface area (Å²) < 4.78 is 11.8. The van der Waals surface area contributed by atoms with Gasteiger partial charge in [0.05, 0.1) is 6.21 Å². The molecule has 1 amide bonds. The maximum Gasteiger partial charge on any atom is 0.307 e. The van der Waals surface area contributed by atoms with E-state index < -0.39 is 5.91 Å². The number of hydrazone groups is 1. The van der Waals surface area contributed by atoms with Crippen LogP contribution in [0.15, 0.2) is 113 Å². The Hall–Kier alpha value is -4.64. The summed E-state index contributed by atoms with van der Waals surface area (Å²) in [6, 6.07) is 29.5. The minimum atomic E-state index is -0.404. The first-order valence-corrected chi connectivity index (χ1v) is 11.4. The number of ether oxygens (including phenoxy) is 1. The zero-order valence-electron chi connectivity index (χ0n) is 19.1. The van der Waals surface area contributed by atoms with Gasteiger partial charge in [0, 0.05) is 5.39 Å². The Morgan fingerprint density at radius 1 is 0.914 bits per heavy atom. The Labute approximate surface area is 203 Å². The van der Waals surface area contributed by atoms with Crippen molar-refractivity contribution < 1.29 is 13.9 Å². The third-order valence-electron chi connectivity index (χ3n) is 5.74. The molecule has 1 heterocycles. The molecule has 5 aromatic rings. The van der Waals surface area contributed by atoms with Gasteiger partial charge in [-0.25, -0.2) is 5.43 Å². The molecule has 0 saturated heterocycles. The molecule has 4 aromatic carbocycles. The molecule has 0 atom stereocenters. The number of benzene rings is 4. The molecule has 0 aliphatic heterocycles. The van der Waals surface area contributed by atoms with E-state index in [1.807, 2.05) is 66.7 Å². The van der Waals surface area contributed by atoms with Gasteiger partial charge in [0.25, 0.3) is 0 Å². The van der Waals surface area contributed by atoms with Gasteiger partial charge in [0.2, 0.25) is 0 Å². The molecule has 1 N–H and O–H groups in total. The quantitative estimate of drug-likeness (QED) is 0.160. The summed E-state index contributed by atoms with van der Waals surface area (Å²) in [7, 11) is 0. The largest absolute Gasteiger partial charge is 0.489 e. The summed E-state index contributed by atoms with van der Waals surface area (Å²) >= 11 is 0. The van der Waals surface area contributed by atoms with Gasteiger partial charge in [-0.1, -0.05) is 66.7 Å². The van der Waals surface area contributed by atoms with Crippen molar-refractivity contribution >= 4 is 33.9 Å². The second-order valence-corrected chi connectivity index (χ2v) is 8.13. The number of furan rings is 1. The van der Waals surface area contributed by atoms with Crippen LogP contribution in [0, 0.1) is 0 Å². The Bertz CT molecular complexity index is 1510. The maximum atomic E-state index is 12.4. The molecule has 0 bridgehead atoms. The Kier molecular flexibility index (Phi) is 6.39. The summed E-state index contributed by atoms with van der Waals surface area (Å²) in [6.45, 7) is 4.33. The first-order chi connectivity index (χ1) is 17.2. The van der Waals surface area contributed by atoms with E-state index in [0.29, 0.717) is 18.6 Å². The molecule has 0 unspecified atom stereocenters. The minimum Gasteiger partial charge on any atom is -0.489 e. The van der Waals surface area contributed by atoms with Gasteiger partial charge in [0.15, 0.2) is 5.76 Å². The fourth-order valence-electron chi connectivity index (χ4n) is 4.02. The van der Waals surface area contributed by atoms with Gasteiger partial charge >= 0.3 is 5.91 Å². The number of para-hydroxylation sites is 1. The van der Waals surface area contributed by atoms with Gasteiger partial charge in [-0.05, 0) is 64.2 Å². The Morgan fingerprint density at radius 2 is 1.71 bits per heavy atom. The topological polar surface area (TPSA) is 63.8 Å². The molecule has 0 aliphatic rings. The van der Waals surface area contributed by atoms with Crippen LogP contribution < -0.4 is 10.2 Å². The second kappa shape index (κ2) is 10.1. The average molecular weight is 461 g/mol. The van der Waals surface area contributed by atoms with E-state index in [9.17, 15) is 4.79 Å². The molecule has 0 saturated carbocycles. The molecular formula is C30H24N2O3. The first kappa shape index (κ1) is 22.2. The fourth-order valence-corrected chi connectivity index (χ4v) is 4.02. The second-order valence-electron chi connectivity index (χ2n) is 8.13. The van der Waals surface area contributed by atoms with E-state index >= 15 is 0 Å². The highest BCUT2D eigenvalue weighted by Gasteiger charge is 2.11. The molecule has 1 aromatic heterocycles. The van der Waals surface area contributed by atoms with Crippen LogP contribution in [0.3, 0.4) is 0 Å². The average Bonchev–Trinajstić information content (AvgIpc) is 3.33. The number of hydrogen-bond acceptors (Lipinski definition) is 4. The number of allylic oxidation sites excluding steroid dienone is 1. The zero-order valence-corrected chi connectivity index (χ0v) is 19.1. The number of fused-ring (bicyclic) bond motifs is 2. The minimum absolute atomic E-state index is 0.216. The number of rotatable bonds is 8. The SMILES string of the molecule is C=CCc1cc(/C=N/NC(=O)c2cc3ccccc3o2)ccc1OCc1cccc2ccccc12. The van der Waals surface area contributed by atoms with Gasteiger partial charge in [0.1, 0.15) is 17.9 Å². The van der Waals surface area contributed by atoms with Crippen molar-refractivity contribution in [3.63, 3.8) is 0 Å². The molecule has 35 heavy (non-hydrogen) atoms. The predicted molar refractivity (Wildman–Crippen MR) is 140 cm³/mol. The van der Waals surface area contributed by atoms with Crippen molar-refractivity contribution in [3.05, 3.63) is 126 Å². The molecular weight excluding hydrogens is 436 g/mol. The van der Waals surface area contributed by atoms with Crippen molar-refractivity contribution in [1.29, 1.82) is 0 Å². The number of nitrogens with one attached hydrogen (secondary N) is 1. The Morgan fingerprint density at radius 3 is 2.57 bits per heavy atom. The number of hydrogen-bond donors (Lipinski definition) is 1. The van der Waals surface area contributed by atoms with Crippen LogP contribution in [-0.2, 0) is 13.0 Å². The highest BCUT2D eigenvalue weighted by atomic mass is 16.5. The lowest BCUT2D eigenvalue weighted by atomic mass is 10.0. The Balaban J connectivity index is 1.28. The van der Waals surface area contributed by atoms with Crippen molar-refractivity contribution in [1.82, 2.24) is 5.43 Å². The predicted octanol–water partition coefficient (Wildman–Crippen LogP) is 6.66. The van der Waals surface area contributed by atoms with Crippen molar-refractivity contribution in [2.24, 2.45) is 5.10 Å². The first-order valence-electron chi connectivity index (χ1n) is 11.4. The van der Waals surface area contributed by atoms with Crippen molar-refractivity contribution in [2.75, 3.05) is 0 Å². The monoisotopic (exact) mass is 460 g/mol. The van der Waals surface area contributed by atoms with E-state index in [1.165, 1.54) is 10.8 Å². The molecule has 0 aliphatic carbocycles. The lowest BCUT2D eigenvalue weighted by Gasteiger charge is -2.13. The number of carbonyl (C=O) groups excluding carboxylic acids is 1. The molecule has 5 heteroatoms. The van der Waals surface area contributed by atoms with Crippen LogP contribution in [0.25, 0.3) is 21.7 Å². The molecule has 0 radical (unpaired) electrons. The zero-order chi connectivity index (χ0) is 24.0. The summed E-state index contributed by atoms with van der Waals surface area (Å²) in [5, 5.41) is 7.34. The highest BCUT2D eigenvalue weighted by molar-refractivity contribution is 5.96. The number of nitrogens with zero attached hydrogens (tertiary/aromatic N) is 1. The summed E-state index contributed by atoms with van der Waals surface area (Å²) in [4.78, 5) is 12.4. The summed E-state index contributed by atoms with van der Waals surface area (Å²) in [6.07, 6.45) is 4.09. The van der Waals surface area contributed by atoms with Crippen LogP contribution in [0.2, 0.25) is 0 Å². The van der Waals surface area contributed by atoms with Gasteiger partial charge in [-0.3, -0.25) is 4.79 Å². The smallest absolute Gasteiger partial charge is 0.307 e.